The number of thiophene rings is 1. The minimum Gasteiger partial charge on any atom is -0.299 e. The molecule has 1 nitrogen and oxygen atoms in total. The molecule has 0 amide bonds. The van der Waals surface area contributed by atoms with Gasteiger partial charge >= 0.3 is 0 Å². The van der Waals surface area contributed by atoms with Crippen LogP contribution in [0.25, 0.3) is 10.1 Å². The van der Waals surface area contributed by atoms with Crippen LogP contribution in [0.2, 0.25) is 0 Å². The summed E-state index contributed by atoms with van der Waals surface area (Å²) in [6.07, 6.45) is 1.46. The lowest BCUT2D eigenvalue weighted by molar-refractivity contribution is -0.126. The second kappa shape index (κ2) is 4.61. The Morgan fingerprint density at radius 1 is 1.29 bits per heavy atom. The van der Waals surface area contributed by atoms with E-state index in [2.05, 4.69) is 24.4 Å². The number of hydrogen-bond donors (Lipinski definition) is 0. The Kier molecular flexibility index (Phi) is 3.34. The molecule has 0 aliphatic carbocycles. The summed E-state index contributed by atoms with van der Waals surface area (Å²) in [7, 11) is 0. The van der Waals surface area contributed by atoms with Gasteiger partial charge in [-0.1, -0.05) is 39.0 Å². The minimum absolute atomic E-state index is 0.205. The van der Waals surface area contributed by atoms with Gasteiger partial charge in [0.1, 0.15) is 5.78 Å². The second-order valence-corrected chi connectivity index (χ2v) is 6.01. The Hall–Kier alpha value is -1.15. The monoisotopic (exact) mass is 246 g/mol. The molecule has 90 valence electrons. The number of ketones is 1. The number of Topliss-reactive ketones (excluding diaryl/α,β-unsaturated/α-hetero) is 1. The lowest BCUT2D eigenvalue weighted by atomic mass is 9.82. The predicted octanol–water partition coefficient (Wildman–Crippen LogP) is 4.45. The molecule has 2 heteroatoms. The maximum Gasteiger partial charge on any atom is 0.142 e. The van der Waals surface area contributed by atoms with Crippen molar-refractivity contribution in [1.82, 2.24) is 0 Å². The Labute approximate surface area is 106 Å². The Morgan fingerprint density at radius 2 is 2.00 bits per heavy atom. The van der Waals surface area contributed by atoms with E-state index in [1.807, 2.05) is 26.0 Å². The molecule has 0 aliphatic heterocycles. The van der Waals surface area contributed by atoms with Gasteiger partial charge in [0.05, 0.1) is 0 Å². The molecule has 0 fully saturated rings. The van der Waals surface area contributed by atoms with Crippen LogP contribution in [0.15, 0.2) is 29.6 Å². The first-order valence-electron chi connectivity index (χ1n) is 6.03. The molecule has 0 radical (unpaired) electrons. The number of carbonyl (C=O) groups excluding carboxylic acids is 1. The topological polar surface area (TPSA) is 17.1 Å². The van der Waals surface area contributed by atoms with E-state index in [0.29, 0.717) is 12.2 Å². The molecule has 17 heavy (non-hydrogen) atoms. The average molecular weight is 246 g/mol. The normalized spacial score (nSPS) is 11.9. The Bertz CT molecular complexity index is 537. The quantitative estimate of drug-likeness (QED) is 0.779. The molecule has 1 aromatic heterocycles. The lowest BCUT2D eigenvalue weighted by Crippen LogP contribution is -2.24. The number of fused-ring (bicyclic) bond motifs is 1. The van der Waals surface area contributed by atoms with E-state index in [1.165, 1.54) is 15.6 Å². The SMILES string of the molecule is CCC(C)(C)C(=O)Cc1csc2ccccc12. The first-order valence-corrected chi connectivity index (χ1v) is 6.91. The van der Waals surface area contributed by atoms with E-state index in [-0.39, 0.29) is 5.41 Å². The molecule has 0 atom stereocenters. The van der Waals surface area contributed by atoms with Crippen molar-refractivity contribution < 1.29 is 4.79 Å². The average Bonchev–Trinajstić information content (AvgIpc) is 2.73. The Balaban J connectivity index is 2.28. The molecule has 1 aromatic carbocycles. The summed E-state index contributed by atoms with van der Waals surface area (Å²) in [5.41, 5.74) is 0.973. The third kappa shape index (κ3) is 2.42. The van der Waals surface area contributed by atoms with E-state index in [9.17, 15) is 4.79 Å². The summed E-state index contributed by atoms with van der Waals surface area (Å²) in [4.78, 5) is 12.2. The Morgan fingerprint density at radius 3 is 2.71 bits per heavy atom. The van der Waals surface area contributed by atoms with Gasteiger partial charge in [0.15, 0.2) is 0 Å². The van der Waals surface area contributed by atoms with Gasteiger partial charge in [-0.05, 0) is 28.8 Å². The van der Waals surface area contributed by atoms with E-state index in [1.54, 1.807) is 11.3 Å². The second-order valence-electron chi connectivity index (χ2n) is 5.09. The fraction of sp³-hybridized carbons (Fsp3) is 0.400. The van der Waals surface area contributed by atoms with E-state index in [4.69, 9.17) is 0 Å². The predicted molar refractivity (Wildman–Crippen MR) is 74.6 cm³/mol. The lowest BCUT2D eigenvalue weighted by Gasteiger charge is -2.20. The highest BCUT2D eigenvalue weighted by molar-refractivity contribution is 7.17. The number of hydrogen-bond acceptors (Lipinski definition) is 2. The van der Waals surface area contributed by atoms with Crippen molar-refractivity contribution in [3.8, 4) is 0 Å². The molecule has 0 bridgehead atoms. The highest BCUT2D eigenvalue weighted by atomic mass is 32.1. The molecule has 0 N–H and O–H groups in total. The summed E-state index contributed by atoms with van der Waals surface area (Å²) in [6.45, 7) is 6.14. The largest absolute Gasteiger partial charge is 0.299 e. The van der Waals surface area contributed by atoms with Gasteiger partial charge in [0.25, 0.3) is 0 Å². The first kappa shape index (κ1) is 12.3. The molecule has 0 saturated heterocycles. The van der Waals surface area contributed by atoms with Gasteiger partial charge in [-0.3, -0.25) is 4.79 Å². The fourth-order valence-corrected chi connectivity index (χ4v) is 2.74. The summed E-state index contributed by atoms with van der Waals surface area (Å²) in [6, 6.07) is 8.29. The van der Waals surface area contributed by atoms with Crippen LogP contribution in [0.1, 0.15) is 32.8 Å². The number of rotatable bonds is 4. The maximum atomic E-state index is 12.2. The van der Waals surface area contributed by atoms with E-state index in [0.717, 1.165) is 6.42 Å². The number of carbonyl (C=O) groups is 1. The minimum atomic E-state index is -0.205. The van der Waals surface area contributed by atoms with Crippen molar-refractivity contribution in [3.05, 3.63) is 35.2 Å². The van der Waals surface area contributed by atoms with Gasteiger partial charge in [-0.25, -0.2) is 0 Å². The molecular weight excluding hydrogens is 228 g/mol. The maximum absolute atomic E-state index is 12.2. The van der Waals surface area contributed by atoms with E-state index >= 15 is 0 Å². The zero-order valence-corrected chi connectivity index (χ0v) is 11.4. The van der Waals surface area contributed by atoms with Crippen molar-refractivity contribution in [2.75, 3.05) is 0 Å². The molecule has 0 unspecified atom stereocenters. The fourth-order valence-electron chi connectivity index (χ4n) is 1.78. The van der Waals surface area contributed by atoms with Gasteiger partial charge in [-0.15, -0.1) is 11.3 Å². The molecule has 2 aromatic rings. The van der Waals surface area contributed by atoms with Crippen molar-refractivity contribution in [3.63, 3.8) is 0 Å². The van der Waals surface area contributed by atoms with Crippen LogP contribution < -0.4 is 0 Å². The van der Waals surface area contributed by atoms with Gasteiger partial charge in [0, 0.05) is 16.5 Å². The van der Waals surface area contributed by atoms with Gasteiger partial charge in [-0.2, -0.15) is 0 Å². The van der Waals surface area contributed by atoms with Crippen LogP contribution >= 0.6 is 11.3 Å². The summed E-state index contributed by atoms with van der Waals surface area (Å²) in [5, 5.41) is 3.35. The third-order valence-electron chi connectivity index (χ3n) is 3.55. The van der Waals surface area contributed by atoms with Crippen molar-refractivity contribution in [2.45, 2.75) is 33.6 Å². The number of benzene rings is 1. The zero-order valence-electron chi connectivity index (χ0n) is 10.6. The summed E-state index contributed by atoms with van der Waals surface area (Å²) in [5.74, 6) is 0.337. The van der Waals surface area contributed by atoms with Crippen LogP contribution in [-0.4, -0.2) is 5.78 Å². The molecule has 2 rings (SSSR count). The molecular formula is C15H18OS. The molecule has 0 aliphatic rings. The van der Waals surface area contributed by atoms with Crippen LogP contribution in [0, 0.1) is 5.41 Å². The van der Waals surface area contributed by atoms with Crippen LogP contribution in [0.5, 0.6) is 0 Å². The third-order valence-corrected chi connectivity index (χ3v) is 4.56. The smallest absolute Gasteiger partial charge is 0.142 e. The standard InChI is InChI=1S/C15H18OS/c1-4-15(2,3)14(16)9-11-10-17-13-8-6-5-7-12(11)13/h5-8,10H,4,9H2,1-3H3. The van der Waals surface area contributed by atoms with E-state index < -0.39 is 0 Å². The van der Waals surface area contributed by atoms with Crippen molar-refractivity contribution >= 4 is 27.2 Å². The highest BCUT2D eigenvalue weighted by Gasteiger charge is 2.25. The van der Waals surface area contributed by atoms with Crippen molar-refractivity contribution in [2.24, 2.45) is 5.41 Å². The van der Waals surface area contributed by atoms with Crippen LogP contribution in [-0.2, 0) is 11.2 Å². The summed E-state index contributed by atoms with van der Waals surface area (Å²) < 4.78 is 1.27. The van der Waals surface area contributed by atoms with Gasteiger partial charge < -0.3 is 0 Å². The first-order chi connectivity index (χ1) is 8.04. The van der Waals surface area contributed by atoms with Crippen LogP contribution in [0.4, 0.5) is 0 Å². The van der Waals surface area contributed by atoms with Gasteiger partial charge in [0.2, 0.25) is 0 Å². The molecule has 1 heterocycles. The summed E-state index contributed by atoms with van der Waals surface area (Å²) >= 11 is 1.72. The van der Waals surface area contributed by atoms with Crippen molar-refractivity contribution in [1.29, 1.82) is 0 Å². The molecule has 0 saturated carbocycles. The highest BCUT2D eigenvalue weighted by Crippen LogP contribution is 2.29. The zero-order chi connectivity index (χ0) is 12.5. The van der Waals surface area contributed by atoms with Crippen LogP contribution in [0.3, 0.4) is 0 Å². The molecule has 0 spiro atoms.